The zero-order valence-electron chi connectivity index (χ0n) is 16.9. The van der Waals surface area contributed by atoms with Crippen LogP contribution in [0.5, 0.6) is 0 Å². The number of hydrogen-bond donors (Lipinski definition) is 4. The summed E-state index contributed by atoms with van der Waals surface area (Å²) in [6, 6.07) is 3.65. The largest absolute Gasteiger partial charge is 0.381 e. The van der Waals surface area contributed by atoms with E-state index in [2.05, 4.69) is 23.7 Å². The predicted octanol–water partition coefficient (Wildman–Crippen LogP) is 1.28. The van der Waals surface area contributed by atoms with Crippen LogP contribution in [0.1, 0.15) is 42.6 Å². The zero-order valence-corrected chi connectivity index (χ0v) is 16.9. The molecular formula is C22H22F2N2O5. The van der Waals surface area contributed by atoms with E-state index >= 15 is 0 Å². The molecule has 1 aliphatic carbocycles. The Balaban J connectivity index is 2.01. The van der Waals surface area contributed by atoms with Gasteiger partial charge in [0.25, 0.3) is 18.2 Å². The summed E-state index contributed by atoms with van der Waals surface area (Å²) in [6.45, 7) is 2.22. The number of ketones is 1. The van der Waals surface area contributed by atoms with Gasteiger partial charge in [0.2, 0.25) is 0 Å². The fourth-order valence-corrected chi connectivity index (χ4v) is 2.84. The normalized spacial score (nSPS) is 19.6. The Morgan fingerprint density at radius 3 is 2.42 bits per heavy atom. The molecule has 0 aliphatic heterocycles. The van der Waals surface area contributed by atoms with Crippen LogP contribution in [0.4, 0.5) is 8.78 Å². The van der Waals surface area contributed by atoms with Crippen LogP contribution in [0.3, 0.4) is 0 Å². The smallest absolute Gasteiger partial charge is 0.269 e. The third kappa shape index (κ3) is 6.61. The van der Waals surface area contributed by atoms with Gasteiger partial charge < -0.3 is 15.2 Å². The zero-order chi connectivity index (χ0) is 23.2. The summed E-state index contributed by atoms with van der Waals surface area (Å²) < 4.78 is 26.1. The summed E-state index contributed by atoms with van der Waals surface area (Å²) in [7, 11) is 0. The lowest BCUT2D eigenvalue weighted by atomic mass is 9.95. The van der Waals surface area contributed by atoms with Crippen molar-refractivity contribution in [3.8, 4) is 23.7 Å². The number of nitrogens with one attached hydrogen (secondary N) is 2. The highest BCUT2D eigenvalue weighted by atomic mass is 19.3. The summed E-state index contributed by atoms with van der Waals surface area (Å²) in [6.07, 6.45) is -1.93. The number of amides is 2. The van der Waals surface area contributed by atoms with Crippen molar-refractivity contribution in [2.45, 2.75) is 44.8 Å². The Bertz CT molecular complexity index is 968. The second kappa shape index (κ2) is 10.2. The van der Waals surface area contributed by atoms with E-state index in [0.29, 0.717) is 24.8 Å². The minimum atomic E-state index is -3.36. The van der Waals surface area contributed by atoms with Crippen LogP contribution in [-0.2, 0) is 9.59 Å². The lowest BCUT2D eigenvalue weighted by Crippen LogP contribution is -2.61. The number of rotatable bonds is 7. The molecule has 3 unspecified atom stereocenters. The van der Waals surface area contributed by atoms with Crippen molar-refractivity contribution < 1.29 is 33.5 Å². The van der Waals surface area contributed by atoms with Crippen molar-refractivity contribution in [2.75, 3.05) is 0 Å². The lowest BCUT2D eigenvalue weighted by Gasteiger charge is -2.30. The fourth-order valence-electron chi connectivity index (χ4n) is 2.84. The second-order valence-corrected chi connectivity index (χ2v) is 7.51. The van der Waals surface area contributed by atoms with Gasteiger partial charge in [-0.15, -0.1) is 0 Å². The molecule has 1 aromatic rings. The number of carbonyl (C=O) groups excluding carboxylic acids is 3. The number of Topliss-reactive ketones (excluding diaryl/α,β-unsaturated/α-hetero) is 1. The summed E-state index contributed by atoms with van der Waals surface area (Å²) in [5, 5.41) is 20.5. The van der Waals surface area contributed by atoms with Gasteiger partial charge in [-0.05, 0) is 62.3 Å². The maximum absolute atomic E-state index is 13.0. The van der Waals surface area contributed by atoms with E-state index in [9.17, 15) is 28.3 Å². The third-order valence-electron chi connectivity index (χ3n) is 4.82. The highest BCUT2D eigenvalue weighted by Gasteiger charge is 2.46. The van der Waals surface area contributed by atoms with Crippen LogP contribution in [0, 0.1) is 35.5 Å². The van der Waals surface area contributed by atoms with Gasteiger partial charge in [-0.1, -0.05) is 11.8 Å². The summed E-state index contributed by atoms with van der Waals surface area (Å²) in [5.41, 5.74) is -1.18. The van der Waals surface area contributed by atoms with E-state index in [1.54, 1.807) is 6.92 Å². The van der Waals surface area contributed by atoms with Crippen molar-refractivity contribution in [3.05, 3.63) is 35.4 Å². The van der Waals surface area contributed by atoms with Gasteiger partial charge in [-0.25, -0.2) is 14.3 Å². The molecule has 7 nitrogen and oxygen atoms in total. The molecule has 2 rings (SSSR count). The highest BCUT2D eigenvalue weighted by Crippen LogP contribution is 2.40. The summed E-state index contributed by atoms with van der Waals surface area (Å²) in [5.74, 6) is 9.57. The van der Waals surface area contributed by atoms with Gasteiger partial charge >= 0.3 is 0 Å². The molecule has 0 saturated heterocycles. The highest BCUT2D eigenvalue weighted by molar-refractivity contribution is 5.97. The van der Waals surface area contributed by atoms with Gasteiger partial charge in [-0.3, -0.25) is 14.8 Å². The molecule has 4 atom stereocenters. The Morgan fingerprint density at radius 1 is 1.23 bits per heavy atom. The number of aliphatic hydroxyl groups is 1. The molecule has 9 heteroatoms. The van der Waals surface area contributed by atoms with Crippen molar-refractivity contribution in [2.24, 2.45) is 11.8 Å². The minimum absolute atomic E-state index is 0.0301. The first-order valence-corrected chi connectivity index (χ1v) is 9.42. The summed E-state index contributed by atoms with van der Waals surface area (Å²) in [4.78, 5) is 35.0. The van der Waals surface area contributed by atoms with Crippen LogP contribution < -0.4 is 10.8 Å². The maximum Gasteiger partial charge on any atom is 0.269 e. The van der Waals surface area contributed by atoms with Gasteiger partial charge in [0, 0.05) is 23.5 Å². The molecule has 1 fully saturated rings. The standard InChI is InChI=1S/C22H22F2N2O5/c1-13(27)11-17-12-16(17)6-4-3-5-14-7-9-15(10-8-14)19(28)25-18(20(29)26-31)22(2,30)21(23)24/h7-10,16-18,21,30-31H,11-12H2,1-2H3,(H,25,28)(H,26,29)/t16?,17?,18-,22?/m1/s1. The minimum Gasteiger partial charge on any atom is -0.381 e. The Kier molecular flexibility index (Phi) is 7.87. The average molecular weight is 432 g/mol. The molecule has 0 aromatic heterocycles. The molecular weight excluding hydrogens is 410 g/mol. The van der Waals surface area contributed by atoms with Gasteiger partial charge in [-0.2, -0.15) is 0 Å². The topological polar surface area (TPSA) is 116 Å². The molecule has 4 N–H and O–H groups in total. The first kappa shape index (κ1) is 24.0. The molecule has 1 aliphatic rings. The van der Waals surface area contributed by atoms with E-state index in [-0.39, 0.29) is 17.3 Å². The van der Waals surface area contributed by atoms with Crippen LogP contribution in [-0.4, -0.2) is 46.0 Å². The van der Waals surface area contributed by atoms with Crippen molar-refractivity contribution in [1.29, 1.82) is 0 Å². The quantitative estimate of drug-likeness (QED) is 0.294. The molecule has 1 aromatic carbocycles. The molecule has 164 valence electrons. The van der Waals surface area contributed by atoms with Crippen LogP contribution in [0.2, 0.25) is 0 Å². The number of hydrogen-bond acceptors (Lipinski definition) is 5. The summed E-state index contributed by atoms with van der Waals surface area (Å²) >= 11 is 0. The Labute approximate surface area is 178 Å². The SMILES string of the molecule is CC(=O)CC1CC1C#CC#Cc1ccc(C(=O)N[C@H](C(=O)NO)C(C)(O)C(F)F)cc1. The molecule has 2 amide bonds. The Hall–Kier alpha value is -3.27. The van der Waals surface area contributed by atoms with Crippen molar-refractivity contribution in [3.63, 3.8) is 0 Å². The predicted molar refractivity (Wildman–Crippen MR) is 106 cm³/mol. The van der Waals surface area contributed by atoms with Crippen LogP contribution >= 0.6 is 0 Å². The van der Waals surface area contributed by atoms with Gasteiger partial charge in [0.15, 0.2) is 5.60 Å². The van der Waals surface area contributed by atoms with Crippen LogP contribution in [0.25, 0.3) is 0 Å². The number of carbonyl (C=O) groups is 3. The number of hydroxylamine groups is 1. The fraction of sp³-hybridized carbons (Fsp3) is 0.409. The lowest BCUT2D eigenvalue weighted by molar-refractivity contribution is -0.149. The van der Waals surface area contributed by atoms with E-state index in [1.807, 2.05) is 5.32 Å². The molecule has 1 saturated carbocycles. The van der Waals surface area contributed by atoms with Crippen LogP contribution in [0.15, 0.2) is 24.3 Å². The number of benzene rings is 1. The van der Waals surface area contributed by atoms with Gasteiger partial charge in [0.1, 0.15) is 11.8 Å². The Morgan fingerprint density at radius 2 is 1.87 bits per heavy atom. The second-order valence-electron chi connectivity index (χ2n) is 7.51. The van der Waals surface area contributed by atoms with Crippen molar-refractivity contribution >= 4 is 17.6 Å². The number of halogens is 2. The maximum atomic E-state index is 13.0. The van der Waals surface area contributed by atoms with Crippen molar-refractivity contribution in [1.82, 2.24) is 10.8 Å². The third-order valence-corrected chi connectivity index (χ3v) is 4.82. The van der Waals surface area contributed by atoms with Gasteiger partial charge in [0.05, 0.1) is 0 Å². The van der Waals surface area contributed by atoms with E-state index in [0.717, 1.165) is 11.9 Å². The number of alkyl halides is 2. The monoisotopic (exact) mass is 432 g/mol. The first-order chi connectivity index (χ1) is 14.6. The van der Waals surface area contributed by atoms with E-state index in [1.165, 1.54) is 24.3 Å². The first-order valence-electron chi connectivity index (χ1n) is 9.42. The molecule has 0 heterocycles. The average Bonchev–Trinajstić information content (AvgIpc) is 3.45. The molecule has 0 spiro atoms. The molecule has 0 radical (unpaired) electrons. The molecule has 31 heavy (non-hydrogen) atoms. The van der Waals surface area contributed by atoms with E-state index < -0.39 is 29.9 Å². The molecule has 0 bridgehead atoms. The van der Waals surface area contributed by atoms with E-state index in [4.69, 9.17) is 5.21 Å².